The largest absolute Gasteiger partial charge is 0.507 e. The first kappa shape index (κ1) is 18.2. The Balaban J connectivity index is 1.34. The van der Waals surface area contributed by atoms with E-state index in [1.54, 1.807) is 30.3 Å². The van der Waals surface area contributed by atoms with Gasteiger partial charge in [-0.1, -0.05) is 18.6 Å². The normalized spacial score (nSPS) is 16.6. The zero-order valence-electron chi connectivity index (χ0n) is 15.3. The Bertz CT molecular complexity index is 904. The summed E-state index contributed by atoms with van der Waals surface area (Å²) in [7, 11) is 0. The van der Waals surface area contributed by atoms with Crippen molar-refractivity contribution in [2.45, 2.75) is 37.9 Å². The van der Waals surface area contributed by atoms with Crippen molar-refractivity contribution in [1.29, 1.82) is 0 Å². The second-order valence-corrected chi connectivity index (χ2v) is 6.98. The van der Waals surface area contributed by atoms with Crippen LogP contribution in [0.25, 0.3) is 0 Å². The van der Waals surface area contributed by atoms with E-state index < -0.39 is 24.3 Å². The van der Waals surface area contributed by atoms with E-state index in [2.05, 4.69) is 5.32 Å². The Hall–Kier alpha value is -3.22. The third-order valence-electron chi connectivity index (χ3n) is 4.89. The number of ether oxygens (including phenoxy) is 3. The van der Waals surface area contributed by atoms with Gasteiger partial charge < -0.3 is 24.6 Å². The van der Waals surface area contributed by atoms with E-state index in [9.17, 15) is 14.7 Å². The van der Waals surface area contributed by atoms with Gasteiger partial charge in [0.1, 0.15) is 11.3 Å². The van der Waals surface area contributed by atoms with Crippen molar-refractivity contribution in [3.8, 4) is 17.2 Å². The Kier molecular flexibility index (Phi) is 4.81. The van der Waals surface area contributed by atoms with E-state index in [-0.39, 0.29) is 11.3 Å². The number of aromatic hydroxyl groups is 1. The molecule has 1 heterocycles. The summed E-state index contributed by atoms with van der Waals surface area (Å²) >= 11 is 0. The lowest BCUT2D eigenvalue weighted by Crippen LogP contribution is -2.40. The van der Waals surface area contributed by atoms with Crippen molar-refractivity contribution in [1.82, 2.24) is 0 Å². The minimum absolute atomic E-state index is 0.0103. The van der Waals surface area contributed by atoms with Crippen molar-refractivity contribution in [2.75, 3.05) is 11.9 Å². The van der Waals surface area contributed by atoms with Crippen molar-refractivity contribution in [2.24, 2.45) is 0 Å². The number of esters is 1. The Labute approximate surface area is 162 Å². The predicted octanol–water partition coefficient (Wildman–Crippen LogP) is 3.62. The number of benzene rings is 2. The predicted molar refractivity (Wildman–Crippen MR) is 101 cm³/mol. The zero-order valence-corrected chi connectivity index (χ0v) is 15.3. The average Bonchev–Trinajstić information content (AvgIpc) is 3.03. The highest BCUT2D eigenvalue weighted by Gasteiger charge is 2.42. The molecule has 0 unspecified atom stereocenters. The minimum atomic E-state index is -0.766. The lowest BCUT2D eigenvalue weighted by atomic mass is 9.94. The number of fused-ring (bicyclic) bond motifs is 1. The van der Waals surface area contributed by atoms with Crippen molar-refractivity contribution in [3.05, 3.63) is 48.0 Å². The van der Waals surface area contributed by atoms with Crippen LogP contribution in [0.2, 0.25) is 0 Å². The molecular weight excluding hydrogens is 362 g/mol. The average molecular weight is 383 g/mol. The van der Waals surface area contributed by atoms with E-state index in [4.69, 9.17) is 14.2 Å². The topological polar surface area (TPSA) is 94.1 Å². The smallest absolute Gasteiger partial charge is 0.342 e. The second kappa shape index (κ2) is 7.42. The van der Waals surface area contributed by atoms with Gasteiger partial charge in [0, 0.05) is 24.6 Å². The van der Waals surface area contributed by atoms with Crippen LogP contribution in [0.5, 0.6) is 17.2 Å². The molecule has 0 atom stereocenters. The molecule has 1 spiro atoms. The van der Waals surface area contributed by atoms with Crippen LogP contribution in [0.4, 0.5) is 5.69 Å². The molecule has 28 heavy (non-hydrogen) atoms. The lowest BCUT2D eigenvalue weighted by Gasteiger charge is -2.31. The molecule has 2 aliphatic rings. The first-order valence-electron chi connectivity index (χ1n) is 9.32. The molecule has 4 rings (SSSR count). The standard InChI is InChI=1S/C21H21NO6/c23-16-7-3-2-6-15(16)20(25)26-13-19(24)22-14-8-9-17-18(12-14)28-21(27-17)10-4-1-5-11-21/h2-3,6-9,12,23H,1,4-5,10-11,13H2,(H,22,24). The van der Waals surface area contributed by atoms with Crippen LogP contribution in [0, 0.1) is 0 Å². The van der Waals surface area contributed by atoms with Crippen LogP contribution < -0.4 is 14.8 Å². The molecule has 1 fully saturated rings. The number of nitrogens with one attached hydrogen (secondary N) is 1. The molecule has 0 radical (unpaired) electrons. The number of para-hydroxylation sites is 1. The van der Waals surface area contributed by atoms with Crippen molar-refractivity contribution < 1.29 is 28.9 Å². The number of carbonyl (C=O) groups is 2. The first-order chi connectivity index (χ1) is 13.5. The van der Waals surface area contributed by atoms with E-state index in [1.807, 2.05) is 0 Å². The molecule has 2 aromatic rings. The van der Waals surface area contributed by atoms with E-state index in [1.165, 1.54) is 18.6 Å². The molecule has 0 aromatic heterocycles. The van der Waals surface area contributed by atoms with E-state index in [0.29, 0.717) is 17.2 Å². The van der Waals surface area contributed by atoms with Gasteiger partial charge in [0.05, 0.1) is 0 Å². The third-order valence-corrected chi connectivity index (χ3v) is 4.89. The number of rotatable bonds is 4. The van der Waals surface area contributed by atoms with Crippen LogP contribution >= 0.6 is 0 Å². The summed E-state index contributed by atoms with van der Waals surface area (Å²) in [4.78, 5) is 24.1. The Morgan fingerprint density at radius 3 is 2.57 bits per heavy atom. The number of phenolic OH excluding ortho intramolecular Hbond substituents is 1. The van der Waals surface area contributed by atoms with Gasteiger partial charge in [0.25, 0.3) is 11.7 Å². The van der Waals surface area contributed by atoms with E-state index >= 15 is 0 Å². The highest BCUT2D eigenvalue weighted by Crippen LogP contribution is 2.46. The maximum atomic E-state index is 12.1. The summed E-state index contributed by atoms with van der Waals surface area (Å²) in [6.45, 7) is -0.467. The molecule has 0 saturated heterocycles. The van der Waals surface area contributed by atoms with Crippen molar-refractivity contribution >= 4 is 17.6 Å². The SMILES string of the molecule is O=C(COC(=O)c1ccccc1O)Nc1ccc2c(c1)OC1(CCCCC1)O2. The van der Waals surface area contributed by atoms with Gasteiger partial charge >= 0.3 is 5.97 Å². The number of hydrogen-bond acceptors (Lipinski definition) is 6. The Morgan fingerprint density at radius 2 is 1.79 bits per heavy atom. The lowest BCUT2D eigenvalue weighted by molar-refractivity contribution is -0.119. The van der Waals surface area contributed by atoms with Gasteiger partial charge in [0.2, 0.25) is 0 Å². The highest BCUT2D eigenvalue weighted by molar-refractivity contribution is 5.96. The third kappa shape index (κ3) is 3.74. The fourth-order valence-electron chi connectivity index (χ4n) is 3.52. The highest BCUT2D eigenvalue weighted by atomic mass is 16.7. The summed E-state index contributed by atoms with van der Waals surface area (Å²) in [5, 5.41) is 12.3. The summed E-state index contributed by atoms with van der Waals surface area (Å²) in [6, 6.07) is 11.2. The number of hydrogen-bond donors (Lipinski definition) is 2. The van der Waals surface area contributed by atoms with Crippen LogP contribution in [-0.2, 0) is 9.53 Å². The molecule has 1 aliphatic carbocycles. The molecule has 2 aromatic carbocycles. The van der Waals surface area contributed by atoms with Gasteiger partial charge in [0.15, 0.2) is 18.1 Å². The fourth-order valence-corrected chi connectivity index (χ4v) is 3.52. The molecule has 0 bridgehead atoms. The van der Waals surface area contributed by atoms with Gasteiger partial charge in [-0.3, -0.25) is 4.79 Å². The zero-order chi connectivity index (χ0) is 19.6. The maximum absolute atomic E-state index is 12.1. The minimum Gasteiger partial charge on any atom is -0.507 e. The number of anilines is 1. The van der Waals surface area contributed by atoms with Crippen LogP contribution in [0.15, 0.2) is 42.5 Å². The maximum Gasteiger partial charge on any atom is 0.342 e. The monoisotopic (exact) mass is 383 g/mol. The van der Waals surface area contributed by atoms with Gasteiger partial charge in [-0.05, 0) is 37.1 Å². The van der Waals surface area contributed by atoms with Crippen LogP contribution in [0.1, 0.15) is 42.5 Å². The van der Waals surface area contributed by atoms with E-state index in [0.717, 1.165) is 25.7 Å². The van der Waals surface area contributed by atoms with Gasteiger partial charge in [-0.25, -0.2) is 4.79 Å². The summed E-state index contributed by atoms with van der Waals surface area (Å²) in [6.07, 6.45) is 5.03. The molecular formula is C21H21NO6. The summed E-state index contributed by atoms with van der Waals surface area (Å²) < 4.78 is 17.0. The fraction of sp³-hybridized carbons (Fsp3) is 0.333. The molecule has 1 saturated carbocycles. The number of carbonyl (C=O) groups excluding carboxylic acids is 2. The molecule has 146 valence electrons. The molecule has 1 aliphatic heterocycles. The summed E-state index contributed by atoms with van der Waals surface area (Å²) in [5.74, 6) is -0.749. The van der Waals surface area contributed by atoms with Gasteiger partial charge in [-0.2, -0.15) is 0 Å². The summed E-state index contributed by atoms with van der Waals surface area (Å²) in [5.41, 5.74) is 0.537. The van der Waals surface area contributed by atoms with Gasteiger partial charge in [-0.15, -0.1) is 0 Å². The first-order valence-corrected chi connectivity index (χ1v) is 9.32. The number of phenols is 1. The van der Waals surface area contributed by atoms with Crippen LogP contribution in [0.3, 0.4) is 0 Å². The molecule has 1 amide bonds. The quantitative estimate of drug-likeness (QED) is 0.783. The molecule has 7 nitrogen and oxygen atoms in total. The molecule has 2 N–H and O–H groups in total. The van der Waals surface area contributed by atoms with Crippen LogP contribution in [-0.4, -0.2) is 29.4 Å². The molecule has 7 heteroatoms. The number of amides is 1. The second-order valence-electron chi connectivity index (χ2n) is 6.98. The van der Waals surface area contributed by atoms with Crippen molar-refractivity contribution in [3.63, 3.8) is 0 Å². The Morgan fingerprint density at radius 1 is 1.04 bits per heavy atom.